The molecule has 0 unspecified atom stereocenters. The van der Waals surface area contributed by atoms with Gasteiger partial charge in [0, 0.05) is 5.56 Å². The van der Waals surface area contributed by atoms with E-state index in [1.54, 1.807) is 42.2 Å². The van der Waals surface area contributed by atoms with E-state index in [0.717, 1.165) is 11.3 Å². The molecular formula is C24H19FN6O2. The molecule has 1 atom stereocenters. The largest absolute Gasteiger partial charge is 0.345 e. The van der Waals surface area contributed by atoms with Gasteiger partial charge in [0.15, 0.2) is 0 Å². The number of amides is 1. The molecule has 3 heterocycles. The van der Waals surface area contributed by atoms with Gasteiger partial charge in [-0.2, -0.15) is 5.10 Å². The lowest BCUT2D eigenvalue weighted by molar-refractivity contribution is 0.0941. The van der Waals surface area contributed by atoms with Gasteiger partial charge in [0.05, 0.1) is 34.1 Å². The first-order valence-electron chi connectivity index (χ1n) is 10.3. The van der Waals surface area contributed by atoms with Crippen LogP contribution in [-0.4, -0.2) is 30.8 Å². The molecule has 0 spiro atoms. The Bertz CT molecular complexity index is 1440. The Kier molecular flexibility index (Phi) is 5.14. The lowest BCUT2D eigenvalue weighted by Crippen LogP contribution is -2.27. The van der Waals surface area contributed by atoms with E-state index in [4.69, 9.17) is 4.52 Å². The number of carbonyl (C=O) groups excluding carboxylic acids is 1. The number of halogens is 1. The predicted molar refractivity (Wildman–Crippen MR) is 119 cm³/mol. The lowest BCUT2D eigenvalue weighted by Gasteiger charge is -2.16. The molecule has 0 bridgehead atoms. The summed E-state index contributed by atoms with van der Waals surface area (Å²) in [6.07, 6.45) is 3.08. The Hall–Kier alpha value is -4.40. The van der Waals surface area contributed by atoms with Crippen molar-refractivity contribution in [3.8, 4) is 16.9 Å². The number of nitrogens with zero attached hydrogens (tertiary/aromatic N) is 5. The molecule has 0 aliphatic heterocycles. The number of carbonyl (C=O) groups is 1. The molecule has 0 saturated carbocycles. The van der Waals surface area contributed by atoms with E-state index in [1.165, 1.54) is 12.4 Å². The molecule has 3 aromatic heterocycles. The molecular weight excluding hydrogens is 423 g/mol. The van der Waals surface area contributed by atoms with Crippen LogP contribution in [0.4, 0.5) is 4.39 Å². The summed E-state index contributed by atoms with van der Waals surface area (Å²) >= 11 is 0. The Labute approximate surface area is 188 Å². The smallest absolute Gasteiger partial charge is 0.259 e. The number of aryl methyl sites for hydroxylation is 1. The van der Waals surface area contributed by atoms with Gasteiger partial charge in [-0.1, -0.05) is 29.4 Å². The molecule has 0 fully saturated rings. The molecule has 1 N–H and O–H groups in total. The molecule has 0 aliphatic rings. The van der Waals surface area contributed by atoms with Gasteiger partial charge in [0.2, 0.25) is 0 Å². The standard InChI is InChI=1S/C24H19FN6O2/c1-14(16-7-9-17(10-8-16)31-13-26-12-27-31)28-23(32)19-11-21(18-5-3-4-6-20(18)25)29-24-22(19)15(2)30-33-24/h3-14H,1-2H3,(H,28,32)/t14-/m1/s1. The second-order valence-electron chi connectivity index (χ2n) is 7.61. The first kappa shape index (κ1) is 20.5. The summed E-state index contributed by atoms with van der Waals surface area (Å²) in [6.45, 7) is 3.62. The fraction of sp³-hybridized carbons (Fsp3) is 0.125. The minimum atomic E-state index is -0.437. The van der Waals surface area contributed by atoms with Crippen molar-refractivity contribution in [2.24, 2.45) is 0 Å². The topological polar surface area (TPSA) is 98.7 Å². The van der Waals surface area contributed by atoms with Gasteiger partial charge in [0.1, 0.15) is 18.5 Å². The number of benzene rings is 2. The summed E-state index contributed by atoms with van der Waals surface area (Å²) in [5, 5.41) is 11.6. The zero-order valence-corrected chi connectivity index (χ0v) is 17.9. The molecule has 164 valence electrons. The van der Waals surface area contributed by atoms with Crippen LogP contribution < -0.4 is 5.32 Å². The normalized spacial score (nSPS) is 12.1. The number of nitrogens with one attached hydrogen (secondary N) is 1. The number of aromatic nitrogens is 5. The Balaban J connectivity index is 1.46. The zero-order chi connectivity index (χ0) is 22.9. The van der Waals surface area contributed by atoms with Crippen LogP contribution >= 0.6 is 0 Å². The lowest BCUT2D eigenvalue weighted by atomic mass is 10.0. The highest BCUT2D eigenvalue weighted by atomic mass is 19.1. The number of hydrogen-bond donors (Lipinski definition) is 1. The minimum Gasteiger partial charge on any atom is -0.345 e. The molecule has 5 rings (SSSR count). The first-order chi connectivity index (χ1) is 16.0. The van der Waals surface area contributed by atoms with Crippen LogP contribution in [0.3, 0.4) is 0 Å². The second kappa shape index (κ2) is 8.27. The maximum atomic E-state index is 14.4. The molecule has 9 heteroatoms. The highest BCUT2D eigenvalue weighted by Crippen LogP contribution is 2.29. The van der Waals surface area contributed by atoms with Crippen molar-refractivity contribution in [2.75, 3.05) is 0 Å². The molecule has 0 radical (unpaired) electrons. The van der Waals surface area contributed by atoms with Gasteiger partial charge in [-0.3, -0.25) is 4.79 Å². The highest BCUT2D eigenvalue weighted by molar-refractivity contribution is 6.07. The van der Waals surface area contributed by atoms with Gasteiger partial charge in [-0.05, 0) is 49.7 Å². The third-order valence-corrected chi connectivity index (χ3v) is 5.44. The van der Waals surface area contributed by atoms with E-state index < -0.39 is 5.82 Å². The summed E-state index contributed by atoms with van der Waals surface area (Å²) in [7, 11) is 0. The molecule has 0 aliphatic carbocycles. The maximum Gasteiger partial charge on any atom is 0.259 e. The van der Waals surface area contributed by atoms with Crippen molar-refractivity contribution >= 4 is 17.0 Å². The van der Waals surface area contributed by atoms with Gasteiger partial charge in [-0.25, -0.2) is 19.0 Å². The predicted octanol–water partition coefficient (Wildman–Crippen LogP) is 4.41. The summed E-state index contributed by atoms with van der Waals surface area (Å²) in [6, 6.07) is 15.2. The van der Waals surface area contributed by atoms with Crippen LogP contribution in [0.5, 0.6) is 0 Å². The average molecular weight is 442 g/mol. The molecule has 0 saturated heterocycles. The number of rotatable bonds is 5. The van der Waals surface area contributed by atoms with Crippen LogP contribution in [0.25, 0.3) is 28.0 Å². The molecule has 8 nitrogen and oxygen atoms in total. The van der Waals surface area contributed by atoms with Crippen molar-refractivity contribution in [2.45, 2.75) is 19.9 Å². The molecule has 33 heavy (non-hydrogen) atoms. The Morgan fingerprint density at radius 3 is 2.67 bits per heavy atom. The van der Waals surface area contributed by atoms with E-state index in [-0.39, 0.29) is 23.2 Å². The first-order valence-corrected chi connectivity index (χ1v) is 10.3. The molecule has 1 amide bonds. The monoisotopic (exact) mass is 442 g/mol. The third-order valence-electron chi connectivity index (χ3n) is 5.44. The van der Waals surface area contributed by atoms with Crippen LogP contribution in [0.15, 0.2) is 71.8 Å². The van der Waals surface area contributed by atoms with Crippen molar-refractivity contribution in [3.05, 3.63) is 89.9 Å². The van der Waals surface area contributed by atoms with Crippen molar-refractivity contribution in [1.29, 1.82) is 0 Å². The summed E-state index contributed by atoms with van der Waals surface area (Å²) in [5.41, 5.74) is 3.39. The minimum absolute atomic E-state index is 0.184. The number of pyridine rings is 1. The third kappa shape index (κ3) is 3.84. The van der Waals surface area contributed by atoms with Crippen molar-refractivity contribution in [1.82, 2.24) is 30.2 Å². The summed E-state index contributed by atoms with van der Waals surface area (Å²) < 4.78 is 21.3. The fourth-order valence-electron chi connectivity index (χ4n) is 3.70. The maximum absolute atomic E-state index is 14.4. The van der Waals surface area contributed by atoms with E-state index in [1.807, 2.05) is 31.2 Å². The van der Waals surface area contributed by atoms with Crippen molar-refractivity contribution < 1.29 is 13.7 Å². The molecule has 2 aromatic carbocycles. The van der Waals surface area contributed by atoms with E-state index in [2.05, 4.69) is 25.5 Å². The van der Waals surface area contributed by atoms with Crippen LogP contribution in [0, 0.1) is 12.7 Å². The van der Waals surface area contributed by atoms with E-state index in [0.29, 0.717) is 22.3 Å². The number of hydrogen-bond acceptors (Lipinski definition) is 6. The Morgan fingerprint density at radius 2 is 1.94 bits per heavy atom. The van der Waals surface area contributed by atoms with Gasteiger partial charge in [0.25, 0.3) is 11.6 Å². The summed E-state index contributed by atoms with van der Waals surface area (Å²) in [5.74, 6) is -0.771. The molecule has 5 aromatic rings. The SMILES string of the molecule is Cc1noc2nc(-c3ccccc3F)cc(C(=O)N[C@H](C)c3ccc(-n4cncn4)cc3)c12. The van der Waals surface area contributed by atoms with Crippen LogP contribution in [0.1, 0.15) is 34.6 Å². The fourth-order valence-corrected chi connectivity index (χ4v) is 3.70. The quantitative estimate of drug-likeness (QED) is 0.433. The average Bonchev–Trinajstić information content (AvgIpc) is 3.49. The zero-order valence-electron chi connectivity index (χ0n) is 17.9. The van der Waals surface area contributed by atoms with Gasteiger partial charge >= 0.3 is 0 Å². The highest BCUT2D eigenvalue weighted by Gasteiger charge is 2.21. The number of fused-ring (bicyclic) bond motifs is 1. The van der Waals surface area contributed by atoms with Crippen LogP contribution in [0.2, 0.25) is 0 Å². The van der Waals surface area contributed by atoms with Crippen LogP contribution in [-0.2, 0) is 0 Å². The Morgan fingerprint density at radius 1 is 1.15 bits per heavy atom. The van der Waals surface area contributed by atoms with Gasteiger partial charge < -0.3 is 9.84 Å². The van der Waals surface area contributed by atoms with Gasteiger partial charge in [-0.15, -0.1) is 0 Å². The van der Waals surface area contributed by atoms with E-state index in [9.17, 15) is 9.18 Å². The van der Waals surface area contributed by atoms with E-state index >= 15 is 0 Å². The second-order valence-corrected chi connectivity index (χ2v) is 7.61. The van der Waals surface area contributed by atoms with Crippen molar-refractivity contribution in [3.63, 3.8) is 0 Å². The summed E-state index contributed by atoms with van der Waals surface area (Å²) in [4.78, 5) is 21.6.